The minimum absolute atomic E-state index is 0.00583. The smallest absolute Gasteiger partial charge is 0.289 e. The Morgan fingerprint density at radius 2 is 1.50 bits per heavy atom. The molecule has 0 fully saturated rings. The number of ketones is 1. The van der Waals surface area contributed by atoms with Gasteiger partial charge in [0.1, 0.15) is 0 Å². The Labute approximate surface area is 94.7 Å². The summed E-state index contributed by atoms with van der Waals surface area (Å²) in [5.74, 6) is -2.05. The number of hydrogen-bond donors (Lipinski definition) is 1. The number of rotatable bonds is 2. The Hall–Kier alpha value is -0.770. The van der Waals surface area contributed by atoms with E-state index in [-0.39, 0.29) is 20.6 Å². The molecule has 0 saturated heterocycles. The Morgan fingerprint density at radius 1 is 1.07 bits per heavy atom. The highest BCUT2D eigenvalue weighted by Crippen LogP contribution is 2.29. The number of carbonyl (C=O) groups is 2. The standard InChI is InChI=1S/C8H4Cl3NO2/c9-3-1-4(10)6(5(11)2-3)7(13)8(12)14/h1-2H,(H2,12,14). The van der Waals surface area contributed by atoms with E-state index in [9.17, 15) is 9.59 Å². The zero-order valence-electron chi connectivity index (χ0n) is 6.68. The summed E-state index contributed by atoms with van der Waals surface area (Å²) in [6, 6.07) is 2.62. The summed E-state index contributed by atoms with van der Waals surface area (Å²) in [6.45, 7) is 0. The molecule has 1 rings (SSSR count). The number of primary amides is 1. The maximum atomic E-state index is 11.2. The van der Waals surface area contributed by atoms with Crippen molar-refractivity contribution in [3.05, 3.63) is 32.8 Å². The fraction of sp³-hybridized carbons (Fsp3) is 0. The molecule has 0 atom stereocenters. The zero-order chi connectivity index (χ0) is 10.9. The van der Waals surface area contributed by atoms with Gasteiger partial charge >= 0.3 is 0 Å². The summed E-state index contributed by atoms with van der Waals surface area (Å²) in [6.07, 6.45) is 0. The third-order valence-electron chi connectivity index (χ3n) is 1.46. The molecular formula is C8H4Cl3NO2. The van der Waals surface area contributed by atoms with Gasteiger partial charge in [-0.3, -0.25) is 9.59 Å². The van der Waals surface area contributed by atoms with Crippen LogP contribution in [0.25, 0.3) is 0 Å². The van der Waals surface area contributed by atoms with Crippen LogP contribution in [0.2, 0.25) is 15.1 Å². The molecule has 1 aromatic carbocycles. The van der Waals surface area contributed by atoms with Crippen LogP contribution in [-0.2, 0) is 4.79 Å². The van der Waals surface area contributed by atoms with Gasteiger partial charge < -0.3 is 5.73 Å². The predicted molar refractivity (Wildman–Crippen MR) is 55.0 cm³/mol. The van der Waals surface area contributed by atoms with Crippen molar-refractivity contribution in [2.24, 2.45) is 5.73 Å². The molecule has 3 nitrogen and oxygen atoms in total. The highest BCUT2D eigenvalue weighted by Gasteiger charge is 2.20. The summed E-state index contributed by atoms with van der Waals surface area (Å²) in [4.78, 5) is 21.8. The maximum Gasteiger partial charge on any atom is 0.289 e. The van der Waals surface area contributed by atoms with E-state index in [1.165, 1.54) is 12.1 Å². The van der Waals surface area contributed by atoms with E-state index in [2.05, 4.69) is 0 Å². The number of halogens is 3. The zero-order valence-corrected chi connectivity index (χ0v) is 8.95. The number of benzene rings is 1. The van der Waals surface area contributed by atoms with Crippen molar-refractivity contribution in [2.45, 2.75) is 0 Å². The monoisotopic (exact) mass is 251 g/mol. The lowest BCUT2D eigenvalue weighted by Gasteiger charge is -2.03. The van der Waals surface area contributed by atoms with Gasteiger partial charge in [-0.05, 0) is 12.1 Å². The molecule has 0 heterocycles. The minimum atomic E-state index is -1.11. The van der Waals surface area contributed by atoms with E-state index in [1.807, 2.05) is 0 Å². The van der Waals surface area contributed by atoms with E-state index < -0.39 is 11.7 Å². The third-order valence-corrected chi connectivity index (χ3v) is 2.27. The second-order valence-corrected chi connectivity index (χ2v) is 3.69. The van der Waals surface area contributed by atoms with Gasteiger partial charge in [0, 0.05) is 5.02 Å². The Bertz CT molecular complexity index is 394. The van der Waals surface area contributed by atoms with Gasteiger partial charge in [0.15, 0.2) is 0 Å². The van der Waals surface area contributed by atoms with Crippen LogP contribution in [0.15, 0.2) is 12.1 Å². The molecule has 0 spiro atoms. The van der Waals surface area contributed by atoms with Gasteiger partial charge in [-0.2, -0.15) is 0 Å². The summed E-state index contributed by atoms with van der Waals surface area (Å²) in [7, 11) is 0. The lowest BCUT2D eigenvalue weighted by molar-refractivity contribution is -0.114. The van der Waals surface area contributed by atoms with Gasteiger partial charge in [0.2, 0.25) is 0 Å². The summed E-state index contributed by atoms with van der Waals surface area (Å²) >= 11 is 17.0. The normalized spacial score (nSPS) is 9.93. The minimum Gasteiger partial charge on any atom is -0.363 e. The van der Waals surface area contributed by atoms with Crippen LogP contribution in [-0.4, -0.2) is 11.7 Å². The van der Waals surface area contributed by atoms with E-state index >= 15 is 0 Å². The van der Waals surface area contributed by atoms with Crippen molar-refractivity contribution in [1.29, 1.82) is 0 Å². The molecule has 0 saturated carbocycles. The van der Waals surface area contributed by atoms with Crippen LogP contribution < -0.4 is 5.73 Å². The average molecular weight is 252 g/mol. The van der Waals surface area contributed by atoms with Gasteiger partial charge in [0.05, 0.1) is 15.6 Å². The Kier molecular flexibility index (Phi) is 3.37. The van der Waals surface area contributed by atoms with Crippen LogP contribution in [0.4, 0.5) is 0 Å². The maximum absolute atomic E-state index is 11.2. The quantitative estimate of drug-likeness (QED) is 0.648. The topological polar surface area (TPSA) is 60.2 Å². The van der Waals surface area contributed by atoms with Gasteiger partial charge in [-0.15, -0.1) is 0 Å². The SMILES string of the molecule is NC(=O)C(=O)c1c(Cl)cc(Cl)cc1Cl. The molecule has 0 bridgehead atoms. The van der Waals surface area contributed by atoms with Crippen molar-refractivity contribution in [3.63, 3.8) is 0 Å². The van der Waals surface area contributed by atoms with Crippen LogP contribution in [0.1, 0.15) is 10.4 Å². The first-order valence-electron chi connectivity index (χ1n) is 3.42. The highest BCUT2D eigenvalue weighted by molar-refractivity contribution is 6.51. The van der Waals surface area contributed by atoms with Crippen molar-refractivity contribution in [3.8, 4) is 0 Å². The second-order valence-electron chi connectivity index (χ2n) is 2.44. The third kappa shape index (κ3) is 2.18. The first-order chi connectivity index (χ1) is 6.43. The summed E-state index contributed by atoms with van der Waals surface area (Å²) in [5, 5.41) is 0.290. The summed E-state index contributed by atoms with van der Waals surface area (Å²) in [5.41, 5.74) is 4.68. The van der Waals surface area contributed by atoms with Crippen molar-refractivity contribution >= 4 is 46.5 Å². The van der Waals surface area contributed by atoms with Crippen LogP contribution in [0, 0.1) is 0 Å². The molecule has 0 aliphatic carbocycles. The first kappa shape index (κ1) is 11.3. The fourth-order valence-corrected chi connectivity index (χ4v) is 1.87. The van der Waals surface area contributed by atoms with E-state index in [4.69, 9.17) is 40.5 Å². The Balaban J connectivity index is 3.35. The molecule has 0 aromatic heterocycles. The predicted octanol–water partition coefficient (Wildman–Crippen LogP) is 2.31. The average Bonchev–Trinajstić information content (AvgIpc) is 2.01. The molecule has 2 N–H and O–H groups in total. The fourth-order valence-electron chi connectivity index (χ4n) is 0.882. The Morgan fingerprint density at radius 3 is 1.86 bits per heavy atom. The first-order valence-corrected chi connectivity index (χ1v) is 4.55. The largest absolute Gasteiger partial charge is 0.363 e. The molecule has 1 amide bonds. The van der Waals surface area contributed by atoms with Crippen molar-refractivity contribution in [2.75, 3.05) is 0 Å². The van der Waals surface area contributed by atoms with Crippen LogP contribution >= 0.6 is 34.8 Å². The molecular weight excluding hydrogens is 248 g/mol. The molecule has 0 unspecified atom stereocenters. The molecule has 14 heavy (non-hydrogen) atoms. The van der Waals surface area contributed by atoms with Crippen molar-refractivity contribution in [1.82, 2.24) is 0 Å². The molecule has 1 aromatic rings. The second kappa shape index (κ2) is 4.17. The van der Waals surface area contributed by atoms with Crippen molar-refractivity contribution < 1.29 is 9.59 Å². The number of amides is 1. The molecule has 6 heteroatoms. The summed E-state index contributed by atoms with van der Waals surface area (Å²) < 4.78 is 0. The van der Waals surface area contributed by atoms with E-state index in [0.29, 0.717) is 0 Å². The molecule has 74 valence electrons. The van der Waals surface area contributed by atoms with Gasteiger partial charge in [-0.25, -0.2) is 0 Å². The van der Waals surface area contributed by atoms with Crippen LogP contribution in [0.3, 0.4) is 0 Å². The molecule has 0 aliphatic heterocycles. The van der Waals surface area contributed by atoms with Gasteiger partial charge in [0.25, 0.3) is 11.7 Å². The lowest BCUT2D eigenvalue weighted by Crippen LogP contribution is -2.23. The highest BCUT2D eigenvalue weighted by atomic mass is 35.5. The lowest BCUT2D eigenvalue weighted by atomic mass is 10.1. The van der Waals surface area contributed by atoms with E-state index in [0.717, 1.165) is 0 Å². The number of carbonyl (C=O) groups excluding carboxylic acids is 2. The van der Waals surface area contributed by atoms with Gasteiger partial charge in [-0.1, -0.05) is 34.8 Å². The number of hydrogen-bond acceptors (Lipinski definition) is 2. The number of Topliss-reactive ketones (excluding diaryl/α,β-unsaturated/α-hetero) is 1. The van der Waals surface area contributed by atoms with E-state index in [1.54, 1.807) is 0 Å². The molecule has 0 radical (unpaired) electrons. The van der Waals surface area contributed by atoms with Crippen LogP contribution in [0.5, 0.6) is 0 Å². The number of nitrogens with two attached hydrogens (primary N) is 1. The molecule has 0 aliphatic rings.